The molecule has 1 heterocycles. The van der Waals surface area contributed by atoms with Crippen molar-refractivity contribution in [2.75, 3.05) is 7.11 Å². The van der Waals surface area contributed by atoms with Gasteiger partial charge in [0.05, 0.1) is 18.5 Å². The van der Waals surface area contributed by atoms with Crippen molar-refractivity contribution in [3.05, 3.63) is 17.2 Å². The lowest BCUT2D eigenvalue weighted by atomic mass is 10.3. The van der Waals surface area contributed by atoms with E-state index in [2.05, 4.69) is 30.9 Å². The van der Waals surface area contributed by atoms with Gasteiger partial charge in [-0.15, -0.1) is 5.10 Å². The van der Waals surface area contributed by atoms with Crippen LogP contribution in [-0.4, -0.2) is 56.7 Å². The maximum Gasteiger partial charge on any atom is 0.375 e. The number of ether oxygens (including phenoxy) is 1. The molecule has 0 amide bonds. The van der Waals surface area contributed by atoms with Crippen LogP contribution in [0, 0.1) is 13.8 Å². The van der Waals surface area contributed by atoms with Crippen LogP contribution in [0.4, 0.5) is 0 Å². The van der Waals surface area contributed by atoms with Gasteiger partial charge in [-0.1, -0.05) is 0 Å². The van der Waals surface area contributed by atoms with E-state index in [1.54, 1.807) is 13.8 Å². The fourth-order valence-electron chi connectivity index (χ4n) is 0.705. The Morgan fingerprint density at radius 3 is 1.76 bits per heavy atom. The average Bonchev–Trinajstić information content (AvgIpc) is 2.56. The Hall–Kier alpha value is -3.44. The number of nitrogens with two attached hydrogens (primary N) is 2. The number of hydrogen-bond acceptors (Lipinski definition) is 10. The summed E-state index contributed by atoms with van der Waals surface area (Å²) in [4.78, 5) is 43.8. The molecule has 0 fully saturated rings. The highest BCUT2D eigenvalue weighted by atomic mass is 16.5. The Bertz CT molecular complexity index is 661. The molecule has 1 aromatic rings. The molecule has 0 aliphatic carbocycles. The molecule has 0 radical (unpaired) electrons. The molecule has 12 nitrogen and oxygen atoms in total. The SMILES string of the molecule is CC(=O)C(C)=O.COC(=O)/C(N)=N/N.Cc1nnc(C(=O)O)nc1C. The van der Waals surface area contributed by atoms with Gasteiger partial charge in [0, 0.05) is 13.8 Å². The summed E-state index contributed by atoms with van der Waals surface area (Å²) < 4.78 is 4.13. The number of carboxylic acid groups (broad SMARTS) is 1. The van der Waals surface area contributed by atoms with E-state index in [9.17, 15) is 19.2 Å². The van der Waals surface area contributed by atoms with E-state index in [1.807, 2.05) is 0 Å². The molecule has 0 atom stereocenters. The minimum atomic E-state index is -1.15. The van der Waals surface area contributed by atoms with Crippen LogP contribution in [0.15, 0.2) is 5.10 Å². The number of Topliss-reactive ketones (excluding diaryl/α,β-unsaturated/α-hetero) is 2. The quantitative estimate of drug-likeness (QED) is 0.142. The zero-order valence-corrected chi connectivity index (χ0v) is 14.4. The second kappa shape index (κ2) is 12.0. The number of carbonyl (C=O) groups excluding carboxylic acids is 3. The number of nitrogens with zero attached hydrogens (tertiary/aromatic N) is 4. The van der Waals surface area contributed by atoms with Crippen LogP contribution in [0.2, 0.25) is 0 Å². The average molecular weight is 356 g/mol. The Morgan fingerprint density at radius 2 is 1.52 bits per heavy atom. The maximum atomic E-state index is 10.3. The molecule has 5 N–H and O–H groups in total. The van der Waals surface area contributed by atoms with Gasteiger partial charge >= 0.3 is 11.9 Å². The smallest absolute Gasteiger partial charge is 0.375 e. The molecule has 0 spiro atoms. The second-order valence-electron chi connectivity index (χ2n) is 4.23. The maximum absolute atomic E-state index is 10.3. The molecule has 0 aromatic carbocycles. The number of methoxy groups -OCH3 is 1. The van der Waals surface area contributed by atoms with Crippen molar-refractivity contribution in [2.45, 2.75) is 27.7 Å². The third-order valence-electron chi connectivity index (χ3n) is 2.31. The minimum absolute atomic E-state index is 0.256. The molecule has 0 bridgehead atoms. The molecule has 0 aliphatic rings. The van der Waals surface area contributed by atoms with E-state index in [-0.39, 0.29) is 23.2 Å². The molecule has 1 aromatic heterocycles. The van der Waals surface area contributed by atoms with Gasteiger partial charge in [0.15, 0.2) is 11.6 Å². The number of carbonyl (C=O) groups is 4. The molecule has 25 heavy (non-hydrogen) atoms. The van der Waals surface area contributed by atoms with Crippen LogP contribution in [-0.2, 0) is 19.1 Å². The first-order chi connectivity index (χ1) is 11.5. The van der Waals surface area contributed by atoms with Crippen molar-refractivity contribution >= 4 is 29.3 Å². The summed E-state index contributed by atoms with van der Waals surface area (Å²) in [5.74, 6) is 1.40. The molecular formula is C13H20N6O6. The summed E-state index contributed by atoms with van der Waals surface area (Å²) >= 11 is 0. The Morgan fingerprint density at radius 1 is 1.04 bits per heavy atom. The summed E-state index contributed by atoms with van der Waals surface area (Å²) in [6.45, 7) is 5.92. The van der Waals surface area contributed by atoms with Crippen LogP contribution in [0.1, 0.15) is 35.9 Å². The van der Waals surface area contributed by atoms with E-state index < -0.39 is 11.9 Å². The summed E-state index contributed by atoms with van der Waals surface area (Å²) in [5.41, 5.74) is 6.12. The van der Waals surface area contributed by atoms with Gasteiger partial charge in [-0.2, -0.15) is 10.2 Å². The monoisotopic (exact) mass is 356 g/mol. The minimum Gasteiger partial charge on any atom is -0.475 e. The number of rotatable bonds is 2. The molecule has 0 aliphatic heterocycles. The number of esters is 1. The fraction of sp³-hybridized carbons (Fsp3) is 0.385. The number of carboxylic acids is 1. The van der Waals surface area contributed by atoms with Gasteiger partial charge in [0.2, 0.25) is 5.84 Å². The predicted molar refractivity (Wildman–Crippen MR) is 85.4 cm³/mol. The number of aryl methyl sites for hydroxylation is 2. The molecular weight excluding hydrogens is 336 g/mol. The van der Waals surface area contributed by atoms with E-state index >= 15 is 0 Å². The largest absolute Gasteiger partial charge is 0.475 e. The lowest BCUT2D eigenvalue weighted by Crippen LogP contribution is -2.26. The van der Waals surface area contributed by atoms with Crippen molar-refractivity contribution in [3.8, 4) is 0 Å². The zero-order valence-electron chi connectivity index (χ0n) is 14.4. The highest BCUT2D eigenvalue weighted by molar-refractivity contribution is 6.35. The van der Waals surface area contributed by atoms with Crippen molar-refractivity contribution in [1.29, 1.82) is 0 Å². The fourth-order valence-corrected chi connectivity index (χ4v) is 0.705. The van der Waals surface area contributed by atoms with Crippen LogP contribution in [0.3, 0.4) is 0 Å². The number of hydrazone groups is 1. The number of hydrogen-bond donors (Lipinski definition) is 3. The first kappa shape index (κ1) is 23.8. The van der Waals surface area contributed by atoms with E-state index in [1.165, 1.54) is 21.0 Å². The Labute approximate surface area is 143 Å². The molecule has 138 valence electrons. The molecule has 1 rings (SSSR count). The summed E-state index contributed by atoms with van der Waals surface area (Å²) in [6.07, 6.45) is 0. The Balaban J connectivity index is 0. The van der Waals surface area contributed by atoms with Crippen molar-refractivity contribution in [1.82, 2.24) is 15.2 Å². The van der Waals surface area contributed by atoms with E-state index in [0.717, 1.165) is 0 Å². The normalized spacial score (nSPS) is 9.56. The summed E-state index contributed by atoms with van der Waals surface area (Å²) in [5, 5.41) is 18.3. The first-order valence-corrected chi connectivity index (χ1v) is 6.52. The number of aromatic nitrogens is 3. The van der Waals surface area contributed by atoms with Crippen LogP contribution >= 0.6 is 0 Å². The van der Waals surface area contributed by atoms with Crippen LogP contribution < -0.4 is 11.6 Å². The third kappa shape index (κ3) is 10.8. The van der Waals surface area contributed by atoms with Gasteiger partial charge in [-0.3, -0.25) is 9.59 Å². The second-order valence-corrected chi connectivity index (χ2v) is 4.23. The molecule has 12 heteroatoms. The lowest BCUT2D eigenvalue weighted by Gasteiger charge is -1.96. The standard InChI is InChI=1S/C6H7N3O2.C4H6O2.C3H7N3O2/c1-3-4(2)8-9-5(7-3)6(10)11;1-3(5)4(2)6;1-8-3(7)2(4)6-5/h1-2H3,(H,10,11);1-2H3;5H2,1H3,(H2,4,6). The van der Waals surface area contributed by atoms with Crippen molar-refractivity contribution in [3.63, 3.8) is 0 Å². The highest BCUT2D eigenvalue weighted by Crippen LogP contribution is 1.96. The topological polar surface area (TPSA) is 201 Å². The van der Waals surface area contributed by atoms with Gasteiger partial charge in [-0.05, 0) is 13.8 Å². The van der Waals surface area contributed by atoms with Crippen LogP contribution in [0.5, 0.6) is 0 Å². The third-order valence-corrected chi connectivity index (χ3v) is 2.31. The highest BCUT2D eigenvalue weighted by Gasteiger charge is 2.07. The van der Waals surface area contributed by atoms with E-state index in [4.69, 9.17) is 10.8 Å². The van der Waals surface area contributed by atoms with Crippen molar-refractivity contribution in [2.24, 2.45) is 16.7 Å². The molecule has 0 unspecified atom stereocenters. The lowest BCUT2D eigenvalue weighted by molar-refractivity contribution is -0.134. The van der Waals surface area contributed by atoms with Gasteiger partial charge < -0.3 is 21.4 Å². The van der Waals surface area contributed by atoms with Gasteiger partial charge in [0.1, 0.15) is 0 Å². The summed E-state index contributed by atoms with van der Waals surface area (Å²) in [7, 11) is 1.19. The van der Waals surface area contributed by atoms with Gasteiger partial charge in [0.25, 0.3) is 5.82 Å². The first-order valence-electron chi connectivity index (χ1n) is 6.52. The zero-order chi connectivity index (χ0) is 20.2. The number of ketones is 2. The number of amidine groups is 1. The number of aromatic carboxylic acids is 1. The molecule has 0 saturated heterocycles. The van der Waals surface area contributed by atoms with Gasteiger partial charge in [-0.25, -0.2) is 14.6 Å². The van der Waals surface area contributed by atoms with Crippen molar-refractivity contribution < 1.29 is 29.0 Å². The summed E-state index contributed by atoms with van der Waals surface area (Å²) in [6, 6.07) is 0. The van der Waals surface area contributed by atoms with E-state index in [0.29, 0.717) is 11.4 Å². The molecule has 0 saturated carbocycles. The van der Waals surface area contributed by atoms with Crippen LogP contribution in [0.25, 0.3) is 0 Å². The predicted octanol–water partition coefficient (Wildman–Crippen LogP) is -1.26. The Kier molecular flexibility index (Phi) is 11.5.